The van der Waals surface area contributed by atoms with Crippen LogP contribution in [0.3, 0.4) is 0 Å². The number of anilines is 4. The zero-order chi connectivity index (χ0) is 30.6. The third-order valence-electron chi connectivity index (χ3n) is 6.24. The molecule has 0 bridgehead atoms. The Balaban J connectivity index is 1.77. The number of rotatable bonds is 11. The Morgan fingerprint density at radius 1 is 1.12 bits per heavy atom. The number of fused-ring (bicyclic) bond motifs is 1. The van der Waals surface area contributed by atoms with Gasteiger partial charge in [-0.05, 0) is 44.4 Å². The number of hydrogen-bond donors (Lipinski definition) is 2. The summed E-state index contributed by atoms with van der Waals surface area (Å²) in [6.45, 7) is 3.05. The van der Waals surface area contributed by atoms with E-state index in [1.807, 2.05) is 19.0 Å². The van der Waals surface area contributed by atoms with E-state index in [0.717, 1.165) is 11.6 Å². The number of ether oxygens (including phenoxy) is 1. The van der Waals surface area contributed by atoms with Crippen molar-refractivity contribution >= 4 is 39.8 Å². The van der Waals surface area contributed by atoms with Gasteiger partial charge in [-0.2, -0.15) is 18.2 Å². The Bertz CT molecular complexity index is 1600. The SMILES string of the molecule is C=CC(=O)Nc1cc(Nc2ncnc(-c3cn(C)c4ccc(F)cc34)n2)c(OCC(F)(F)F)cc1N(C)CCN(C)C. The largest absolute Gasteiger partial charge is 0.482 e. The number of hydrogen-bond acceptors (Lipinski definition) is 8. The summed E-state index contributed by atoms with van der Waals surface area (Å²) in [6, 6.07) is 7.18. The van der Waals surface area contributed by atoms with Gasteiger partial charge in [-0.3, -0.25) is 4.79 Å². The number of carbonyl (C=O) groups excluding carboxylic acids is 1. The maximum Gasteiger partial charge on any atom is 0.422 e. The number of aryl methyl sites for hydroxylation is 1. The molecule has 0 atom stereocenters. The van der Waals surface area contributed by atoms with Crippen molar-refractivity contribution in [3.8, 4) is 17.1 Å². The third-order valence-corrected chi connectivity index (χ3v) is 6.24. The van der Waals surface area contributed by atoms with Gasteiger partial charge in [0, 0.05) is 55.9 Å². The minimum Gasteiger partial charge on any atom is -0.482 e. The lowest BCUT2D eigenvalue weighted by Crippen LogP contribution is -2.29. The first kappa shape index (κ1) is 30.2. The molecule has 0 saturated heterocycles. The summed E-state index contributed by atoms with van der Waals surface area (Å²) in [6.07, 6.45) is -0.560. The van der Waals surface area contributed by atoms with Crippen LogP contribution in [-0.4, -0.2) is 77.3 Å². The highest BCUT2D eigenvalue weighted by Gasteiger charge is 2.29. The molecule has 10 nitrogen and oxygen atoms in total. The van der Waals surface area contributed by atoms with E-state index in [2.05, 4.69) is 32.2 Å². The molecule has 0 fully saturated rings. The monoisotopic (exact) mass is 586 g/mol. The Morgan fingerprint density at radius 3 is 2.57 bits per heavy atom. The van der Waals surface area contributed by atoms with E-state index in [9.17, 15) is 22.4 Å². The molecule has 2 N–H and O–H groups in total. The van der Waals surface area contributed by atoms with Crippen LogP contribution in [0.4, 0.5) is 40.6 Å². The Labute approximate surface area is 239 Å². The van der Waals surface area contributed by atoms with Gasteiger partial charge < -0.3 is 29.7 Å². The molecule has 0 spiro atoms. The second-order valence-electron chi connectivity index (χ2n) is 9.76. The average molecular weight is 587 g/mol. The first-order valence-electron chi connectivity index (χ1n) is 12.7. The van der Waals surface area contributed by atoms with Gasteiger partial charge in [0.2, 0.25) is 11.9 Å². The van der Waals surface area contributed by atoms with Gasteiger partial charge in [0.1, 0.15) is 17.9 Å². The van der Waals surface area contributed by atoms with Gasteiger partial charge in [-0.25, -0.2) is 14.4 Å². The number of nitrogens with one attached hydrogen (secondary N) is 2. The molecule has 222 valence electrons. The summed E-state index contributed by atoms with van der Waals surface area (Å²) in [5, 5.41) is 6.16. The number of carbonyl (C=O) groups is 1. The Morgan fingerprint density at radius 2 is 1.88 bits per heavy atom. The van der Waals surface area contributed by atoms with Crippen LogP contribution >= 0.6 is 0 Å². The van der Waals surface area contributed by atoms with Crippen LogP contribution in [0.1, 0.15) is 0 Å². The van der Waals surface area contributed by atoms with Gasteiger partial charge in [0.25, 0.3) is 0 Å². The number of nitrogens with zero attached hydrogens (tertiary/aromatic N) is 6. The predicted octanol–water partition coefficient (Wildman–Crippen LogP) is 4.98. The number of aromatic nitrogens is 4. The number of alkyl halides is 3. The third kappa shape index (κ3) is 7.32. The van der Waals surface area contributed by atoms with Gasteiger partial charge in [0.05, 0.1) is 17.1 Å². The highest BCUT2D eigenvalue weighted by molar-refractivity contribution is 6.02. The molecule has 1 amide bonds. The van der Waals surface area contributed by atoms with Crippen LogP contribution < -0.4 is 20.3 Å². The maximum absolute atomic E-state index is 14.0. The predicted molar refractivity (Wildman–Crippen MR) is 154 cm³/mol. The molecule has 14 heteroatoms. The van der Waals surface area contributed by atoms with Gasteiger partial charge in [0.15, 0.2) is 12.4 Å². The molecule has 0 aliphatic rings. The quantitative estimate of drug-likeness (QED) is 0.188. The summed E-state index contributed by atoms with van der Waals surface area (Å²) in [5.41, 5.74) is 2.05. The lowest BCUT2D eigenvalue weighted by molar-refractivity contribution is -0.153. The fraction of sp³-hybridized carbons (Fsp3) is 0.286. The van der Waals surface area contributed by atoms with Crippen molar-refractivity contribution in [2.24, 2.45) is 7.05 Å². The molecular formula is C28H30F4N8O2. The molecule has 2 aromatic heterocycles. The fourth-order valence-electron chi connectivity index (χ4n) is 4.17. The van der Waals surface area contributed by atoms with Crippen LogP contribution in [0.5, 0.6) is 5.75 Å². The maximum atomic E-state index is 14.0. The topological polar surface area (TPSA) is 100 Å². The summed E-state index contributed by atoms with van der Waals surface area (Å²) in [7, 11) is 7.31. The summed E-state index contributed by atoms with van der Waals surface area (Å²) >= 11 is 0. The van der Waals surface area contributed by atoms with Crippen molar-refractivity contribution in [2.45, 2.75) is 6.18 Å². The van der Waals surface area contributed by atoms with Crippen molar-refractivity contribution in [2.75, 3.05) is 56.4 Å². The summed E-state index contributed by atoms with van der Waals surface area (Å²) < 4.78 is 60.5. The van der Waals surface area contributed by atoms with Crippen molar-refractivity contribution in [1.29, 1.82) is 0 Å². The highest BCUT2D eigenvalue weighted by Crippen LogP contribution is 2.39. The second-order valence-corrected chi connectivity index (χ2v) is 9.76. The minimum atomic E-state index is -4.60. The van der Waals surface area contributed by atoms with Gasteiger partial charge >= 0.3 is 6.18 Å². The normalized spacial score (nSPS) is 11.5. The van der Waals surface area contributed by atoms with Gasteiger partial charge in [-0.15, -0.1) is 0 Å². The smallest absolute Gasteiger partial charge is 0.422 e. The molecule has 4 aromatic rings. The van der Waals surface area contributed by atoms with Crippen LogP contribution in [0.25, 0.3) is 22.3 Å². The number of likely N-dealkylation sites (N-methyl/N-ethyl adjacent to an activating group) is 2. The number of halogens is 4. The van der Waals surface area contributed by atoms with Crippen molar-refractivity contribution in [1.82, 2.24) is 24.4 Å². The van der Waals surface area contributed by atoms with E-state index in [1.54, 1.807) is 35.8 Å². The molecular weight excluding hydrogens is 556 g/mol. The molecule has 4 rings (SSSR count). The number of benzene rings is 2. The van der Waals surface area contributed by atoms with E-state index >= 15 is 0 Å². The lowest BCUT2D eigenvalue weighted by atomic mass is 10.1. The van der Waals surface area contributed by atoms with E-state index in [0.29, 0.717) is 35.4 Å². The molecule has 42 heavy (non-hydrogen) atoms. The van der Waals surface area contributed by atoms with E-state index in [4.69, 9.17) is 4.74 Å². The van der Waals surface area contributed by atoms with E-state index in [1.165, 1.54) is 30.6 Å². The van der Waals surface area contributed by atoms with Crippen molar-refractivity contribution in [3.63, 3.8) is 0 Å². The van der Waals surface area contributed by atoms with Gasteiger partial charge in [-0.1, -0.05) is 6.58 Å². The summed E-state index contributed by atoms with van der Waals surface area (Å²) in [5.74, 6) is -0.900. The van der Waals surface area contributed by atoms with E-state index < -0.39 is 24.5 Å². The first-order valence-corrected chi connectivity index (χ1v) is 12.7. The molecule has 0 aliphatic heterocycles. The highest BCUT2D eigenvalue weighted by atomic mass is 19.4. The molecule has 0 unspecified atom stereocenters. The van der Waals surface area contributed by atoms with Crippen LogP contribution in [0.2, 0.25) is 0 Å². The van der Waals surface area contributed by atoms with Crippen molar-refractivity contribution in [3.05, 3.63) is 61.3 Å². The van der Waals surface area contributed by atoms with Crippen LogP contribution in [0.15, 0.2) is 55.5 Å². The second kappa shape index (κ2) is 12.4. The molecule has 0 radical (unpaired) electrons. The average Bonchev–Trinajstić information content (AvgIpc) is 3.26. The zero-order valence-corrected chi connectivity index (χ0v) is 23.5. The molecule has 0 aliphatic carbocycles. The van der Waals surface area contributed by atoms with E-state index in [-0.39, 0.29) is 23.2 Å². The first-order chi connectivity index (χ1) is 19.8. The Hall–Kier alpha value is -4.72. The fourth-order valence-corrected chi connectivity index (χ4v) is 4.17. The number of amides is 1. The molecule has 2 aromatic carbocycles. The zero-order valence-electron chi connectivity index (χ0n) is 23.5. The molecule has 0 saturated carbocycles. The molecule has 2 heterocycles. The minimum absolute atomic E-state index is 0.0139. The van der Waals surface area contributed by atoms with Crippen molar-refractivity contribution < 1.29 is 27.1 Å². The van der Waals surface area contributed by atoms with Crippen LogP contribution in [0, 0.1) is 5.82 Å². The Kier molecular flexibility index (Phi) is 8.95. The summed E-state index contributed by atoms with van der Waals surface area (Å²) in [4.78, 5) is 28.7. The van der Waals surface area contributed by atoms with Crippen LogP contribution in [-0.2, 0) is 11.8 Å². The standard InChI is InChI=1S/C28H30F4N8O2/c1-6-25(41)35-20-12-21(24(42-15-28(30,31)32)13-23(20)39(4)10-9-38(2)3)36-27-34-16-33-26(37-27)19-14-40(5)22-8-7-17(29)11-18(19)22/h6-8,11-14,16H,1,9-10,15H2,2-5H3,(H,35,41)(H,33,34,36,37). The lowest BCUT2D eigenvalue weighted by Gasteiger charge is -2.26.